The van der Waals surface area contributed by atoms with Crippen LogP contribution in [0.3, 0.4) is 0 Å². The molecular formula is C48H51IrN2O3-. The van der Waals surface area contributed by atoms with E-state index in [0.717, 1.165) is 80.7 Å². The number of allylic oxidation sites excluding steroid dienone is 2. The van der Waals surface area contributed by atoms with Gasteiger partial charge in [-0.05, 0) is 91.1 Å². The van der Waals surface area contributed by atoms with E-state index in [2.05, 4.69) is 105 Å². The minimum Gasteiger partial charge on any atom is -0.512 e. The average Bonchev–Trinajstić information content (AvgIpc) is 3.55. The van der Waals surface area contributed by atoms with Crippen LogP contribution in [-0.2, 0) is 24.9 Å². The van der Waals surface area contributed by atoms with Gasteiger partial charge in [-0.1, -0.05) is 113 Å². The van der Waals surface area contributed by atoms with E-state index in [9.17, 15) is 9.90 Å². The fourth-order valence-electron chi connectivity index (χ4n) is 7.30. The maximum Gasteiger partial charge on any atom is 0.164 e. The van der Waals surface area contributed by atoms with Gasteiger partial charge in [0.15, 0.2) is 5.78 Å². The van der Waals surface area contributed by atoms with Crippen LogP contribution in [-0.4, -0.2) is 20.9 Å². The van der Waals surface area contributed by atoms with Crippen molar-refractivity contribution in [2.75, 3.05) is 0 Å². The first-order chi connectivity index (χ1) is 25.4. The van der Waals surface area contributed by atoms with E-state index in [1.54, 1.807) is 6.33 Å². The zero-order chi connectivity index (χ0) is 38.1. The van der Waals surface area contributed by atoms with E-state index in [1.807, 2.05) is 47.6 Å². The predicted octanol–water partition coefficient (Wildman–Crippen LogP) is 13.4. The molecule has 7 rings (SSSR count). The summed E-state index contributed by atoms with van der Waals surface area (Å²) in [4.78, 5) is 21.6. The molecule has 5 nitrogen and oxygen atoms in total. The molecule has 54 heavy (non-hydrogen) atoms. The second-order valence-corrected chi connectivity index (χ2v) is 15.0. The first-order valence-corrected chi connectivity index (χ1v) is 18.9. The normalized spacial score (nSPS) is 12.2. The van der Waals surface area contributed by atoms with Gasteiger partial charge in [0.2, 0.25) is 0 Å². The van der Waals surface area contributed by atoms with Crippen LogP contribution in [0.15, 0.2) is 101 Å². The average molecular weight is 896 g/mol. The quantitative estimate of drug-likeness (QED) is 0.0676. The van der Waals surface area contributed by atoms with Crippen molar-refractivity contribution in [3.63, 3.8) is 0 Å². The standard InChI is InChI=1S/C33H23N2O.C15H28O2.Ir/c1-19-8-6-9-20(2)30(19)22-14-15-24-26-12-7-13-27(33(26)36-29(24)17-22)32-28-16-21(3)23-10-4-5-11-25(23)31(28)34-18-35-32;1-7-14(5,8-2)12(16)11-13(17)15(6,9-3)10-4;/h4-12,14-18H,1-3H3;11,16H,7-10H2,1-6H3;/q-1;;/b;12-11-;. The SMILES string of the molecule is CCC(C)(CC)C(=O)/C=C(\O)C(C)(CC)CC.Cc1cccc(C)c1-c1ccc2c(c1)oc1c(-c3ncnc4c3cc(C)c3ccccc34)[c-]ccc12.[Ir]. The second-order valence-electron chi connectivity index (χ2n) is 15.0. The first-order valence-electron chi connectivity index (χ1n) is 18.9. The Kier molecular flexibility index (Phi) is 12.3. The van der Waals surface area contributed by atoms with Crippen LogP contribution in [0.4, 0.5) is 0 Å². The first kappa shape index (κ1) is 40.5. The molecule has 5 aromatic carbocycles. The van der Waals surface area contributed by atoms with E-state index in [1.165, 1.54) is 33.7 Å². The molecule has 7 aromatic rings. The van der Waals surface area contributed by atoms with Crippen LogP contribution in [0.1, 0.15) is 83.9 Å². The maximum absolute atomic E-state index is 12.2. The summed E-state index contributed by atoms with van der Waals surface area (Å²) in [7, 11) is 0. The smallest absolute Gasteiger partial charge is 0.164 e. The van der Waals surface area contributed by atoms with Gasteiger partial charge in [-0.25, -0.2) is 4.98 Å². The van der Waals surface area contributed by atoms with Gasteiger partial charge in [-0.15, -0.1) is 18.2 Å². The summed E-state index contributed by atoms with van der Waals surface area (Å²) in [5.41, 5.74) is 9.85. The molecule has 0 aliphatic rings. The number of carbonyl (C=O) groups is 1. The van der Waals surface area contributed by atoms with Crippen molar-refractivity contribution < 1.29 is 34.4 Å². The number of aliphatic hydroxyl groups excluding tert-OH is 1. The number of hydrogen-bond acceptors (Lipinski definition) is 5. The molecule has 1 N–H and O–H groups in total. The summed E-state index contributed by atoms with van der Waals surface area (Å²) in [6, 6.07) is 31.0. The van der Waals surface area contributed by atoms with Crippen LogP contribution >= 0.6 is 0 Å². The van der Waals surface area contributed by atoms with Crippen LogP contribution < -0.4 is 0 Å². The number of aliphatic hydroxyl groups is 1. The molecule has 0 saturated heterocycles. The number of fused-ring (bicyclic) bond motifs is 6. The predicted molar refractivity (Wildman–Crippen MR) is 221 cm³/mol. The monoisotopic (exact) mass is 896 g/mol. The molecule has 0 bridgehead atoms. The van der Waals surface area contributed by atoms with E-state index < -0.39 is 0 Å². The van der Waals surface area contributed by atoms with Gasteiger partial charge in [-0.3, -0.25) is 9.78 Å². The Morgan fingerprint density at radius 3 is 2.04 bits per heavy atom. The molecule has 0 atom stereocenters. The molecule has 1 radical (unpaired) electrons. The summed E-state index contributed by atoms with van der Waals surface area (Å²) in [5, 5.41) is 15.6. The number of aryl methyl sites for hydroxylation is 3. The zero-order valence-corrected chi connectivity index (χ0v) is 35.4. The molecule has 0 saturated carbocycles. The van der Waals surface area contributed by atoms with Crippen LogP contribution in [0.2, 0.25) is 0 Å². The van der Waals surface area contributed by atoms with E-state index in [0.29, 0.717) is 0 Å². The topological polar surface area (TPSA) is 76.2 Å². The molecule has 6 heteroatoms. The summed E-state index contributed by atoms with van der Waals surface area (Å²) in [5.74, 6) is 0.286. The van der Waals surface area contributed by atoms with Gasteiger partial charge in [0, 0.05) is 53.5 Å². The van der Waals surface area contributed by atoms with Gasteiger partial charge in [0.25, 0.3) is 0 Å². The molecule has 0 fully saturated rings. The van der Waals surface area contributed by atoms with Crippen LogP contribution in [0.5, 0.6) is 0 Å². The largest absolute Gasteiger partial charge is 0.512 e. The number of nitrogens with zero attached hydrogens (tertiary/aromatic N) is 2. The molecule has 2 heterocycles. The van der Waals surface area contributed by atoms with Gasteiger partial charge in [0.1, 0.15) is 17.7 Å². The summed E-state index contributed by atoms with van der Waals surface area (Å²) in [6.07, 6.45) is 6.40. The van der Waals surface area contributed by atoms with Gasteiger partial charge in [-0.2, -0.15) is 0 Å². The number of rotatable bonds is 9. The number of benzene rings is 5. The maximum atomic E-state index is 12.2. The number of hydrogen-bond donors (Lipinski definition) is 1. The van der Waals surface area contributed by atoms with Crippen molar-refractivity contribution in [2.24, 2.45) is 10.8 Å². The number of furan rings is 1. The molecule has 0 aliphatic heterocycles. The van der Waals surface area contributed by atoms with Gasteiger partial charge >= 0.3 is 0 Å². The Morgan fingerprint density at radius 2 is 1.39 bits per heavy atom. The molecular weight excluding hydrogens is 845 g/mol. The van der Waals surface area contributed by atoms with Crippen molar-refractivity contribution in [3.8, 4) is 22.4 Å². The minimum absolute atomic E-state index is 0. The Hall–Kier alpha value is -4.64. The fourth-order valence-corrected chi connectivity index (χ4v) is 7.30. The second kappa shape index (κ2) is 16.4. The minimum atomic E-state index is -0.337. The molecule has 0 aliphatic carbocycles. The van der Waals surface area contributed by atoms with Crippen molar-refractivity contribution in [3.05, 3.63) is 120 Å². The van der Waals surface area contributed by atoms with E-state index >= 15 is 0 Å². The Bertz CT molecular complexity index is 2480. The van der Waals surface area contributed by atoms with Gasteiger partial charge < -0.3 is 9.52 Å². The van der Waals surface area contributed by atoms with Gasteiger partial charge in [0.05, 0.1) is 11.1 Å². The number of ketones is 1. The third kappa shape index (κ3) is 7.39. The number of aromatic nitrogens is 2. The molecule has 0 spiro atoms. The van der Waals surface area contributed by atoms with Crippen molar-refractivity contribution in [1.29, 1.82) is 0 Å². The molecule has 0 amide bonds. The summed E-state index contributed by atoms with van der Waals surface area (Å²) >= 11 is 0. The van der Waals surface area contributed by atoms with Crippen molar-refractivity contribution in [2.45, 2.75) is 88.0 Å². The molecule has 281 valence electrons. The Morgan fingerprint density at radius 1 is 0.741 bits per heavy atom. The summed E-state index contributed by atoms with van der Waals surface area (Å²) in [6.45, 7) is 18.5. The van der Waals surface area contributed by atoms with E-state index in [-0.39, 0.29) is 42.5 Å². The molecule has 0 unspecified atom stereocenters. The third-order valence-electron chi connectivity index (χ3n) is 11.9. The zero-order valence-electron chi connectivity index (χ0n) is 33.0. The van der Waals surface area contributed by atoms with Crippen LogP contribution in [0, 0.1) is 37.7 Å². The van der Waals surface area contributed by atoms with Crippen molar-refractivity contribution >= 4 is 49.4 Å². The van der Waals surface area contributed by atoms with Crippen molar-refractivity contribution in [1.82, 2.24) is 9.97 Å². The number of carbonyl (C=O) groups excluding carboxylic acids is 1. The van der Waals surface area contributed by atoms with Crippen LogP contribution in [0.25, 0.3) is 66.0 Å². The third-order valence-corrected chi connectivity index (χ3v) is 11.9. The fraction of sp³-hybridized carbons (Fsp3) is 0.312. The Labute approximate surface area is 333 Å². The Balaban J connectivity index is 0.000000267. The summed E-state index contributed by atoms with van der Waals surface area (Å²) < 4.78 is 6.55. The molecule has 2 aromatic heterocycles. The van der Waals surface area contributed by atoms with E-state index in [4.69, 9.17) is 9.40 Å².